The van der Waals surface area contributed by atoms with Crippen LogP contribution in [0.5, 0.6) is 0 Å². The smallest absolute Gasteiger partial charge is 0.410 e. The molecule has 1 fully saturated rings. The van der Waals surface area contributed by atoms with Crippen molar-refractivity contribution in [2.75, 3.05) is 33.2 Å². The van der Waals surface area contributed by atoms with Gasteiger partial charge in [-0.25, -0.2) is 4.79 Å². The first-order valence-electron chi connectivity index (χ1n) is 8.64. The summed E-state index contributed by atoms with van der Waals surface area (Å²) in [4.78, 5) is 16.2. The van der Waals surface area contributed by atoms with E-state index >= 15 is 0 Å². The van der Waals surface area contributed by atoms with E-state index < -0.39 is 5.60 Å². The zero-order chi connectivity index (χ0) is 16.8. The number of likely N-dealkylation sites (N-methyl/N-ethyl adjacent to an activating group) is 1. The van der Waals surface area contributed by atoms with Crippen molar-refractivity contribution < 1.29 is 9.53 Å². The molecule has 1 heterocycles. The molecule has 1 rings (SSSR count). The molecule has 5 heteroatoms. The van der Waals surface area contributed by atoms with Crippen LogP contribution in [0, 0.1) is 0 Å². The molecule has 0 bridgehead atoms. The minimum absolute atomic E-state index is 0.178. The van der Waals surface area contributed by atoms with E-state index in [4.69, 9.17) is 4.74 Å². The highest BCUT2D eigenvalue weighted by Gasteiger charge is 2.26. The van der Waals surface area contributed by atoms with Gasteiger partial charge in [-0.15, -0.1) is 0 Å². The van der Waals surface area contributed by atoms with Crippen molar-refractivity contribution in [3.8, 4) is 0 Å². The van der Waals surface area contributed by atoms with Gasteiger partial charge in [0.15, 0.2) is 0 Å². The normalized spacial score (nSPS) is 18.6. The van der Waals surface area contributed by atoms with Crippen LogP contribution in [-0.4, -0.2) is 66.8 Å². The number of hydrogen-bond donors (Lipinski definition) is 1. The van der Waals surface area contributed by atoms with E-state index in [0.717, 1.165) is 39.0 Å². The second-order valence-corrected chi connectivity index (χ2v) is 7.43. The molecule has 1 amide bonds. The first-order valence-corrected chi connectivity index (χ1v) is 8.64. The van der Waals surface area contributed by atoms with E-state index in [1.54, 1.807) is 0 Å². The maximum atomic E-state index is 12.0. The molecule has 130 valence electrons. The van der Waals surface area contributed by atoms with Crippen LogP contribution in [0.4, 0.5) is 4.79 Å². The molecule has 0 aromatic carbocycles. The van der Waals surface area contributed by atoms with Gasteiger partial charge in [0.05, 0.1) is 0 Å². The van der Waals surface area contributed by atoms with Crippen LogP contribution in [0.25, 0.3) is 0 Å². The first kappa shape index (κ1) is 19.2. The van der Waals surface area contributed by atoms with Crippen molar-refractivity contribution in [1.82, 2.24) is 15.1 Å². The Labute approximate surface area is 136 Å². The second kappa shape index (κ2) is 8.73. The summed E-state index contributed by atoms with van der Waals surface area (Å²) in [7, 11) is 2.18. The topological polar surface area (TPSA) is 44.8 Å². The molecular formula is C17H35N3O2. The van der Waals surface area contributed by atoms with E-state index in [1.165, 1.54) is 6.42 Å². The van der Waals surface area contributed by atoms with Crippen molar-refractivity contribution in [2.45, 2.75) is 71.6 Å². The van der Waals surface area contributed by atoms with Crippen molar-refractivity contribution in [3.63, 3.8) is 0 Å². The van der Waals surface area contributed by atoms with Crippen molar-refractivity contribution >= 4 is 6.09 Å². The highest BCUT2D eigenvalue weighted by Crippen LogP contribution is 2.15. The van der Waals surface area contributed by atoms with Gasteiger partial charge in [0.1, 0.15) is 5.60 Å². The Morgan fingerprint density at radius 1 is 1.36 bits per heavy atom. The Morgan fingerprint density at radius 2 is 1.95 bits per heavy atom. The Balaban J connectivity index is 2.21. The van der Waals surface area contributed by atoms with Gasteiger partial charge >= 0.3 is 6.09 Å². The Hall–Kier alpha value is -0.810. The largest absolute Gasteiger partial charge is 0.444 e. The monoisotopic (exact) mass is 313 g/mol. The number of nitrogens with zero attached hydrogens (tertiary/aromatic N) is 2. The van der Waals surface area contributed by atoms with Crippen LogP contribution in [0.2, 0.25) is 0 Å². The fourth-order valence-corrected chi connectivity index (χ4v) is 2.57. The summed E-state index contributed by atoms with van der Waals surface area (Å²) in [5.41, 5.74) is -0.410. The minimum Gasteiger partial charge on any atom is -0.444 e. The molecule has 0 aromatic heterocycles. The fourth-order valence-electron chi connectivity index (χ4n) is 2.57. The van der Waals surface area contributed by atoms with E-state index in [9.17, 15) is 4.79 Å². The van der Waals surface area contributed by atoms with E-state index in [1.807, 2.05) is 25.7 Å². The Bertz CT molecular complexity index is 333. The zero-order valence-electron chi connectivity index (χ0n) is 15.3. The highest BCUT2D eigenvalue weighted by molar-refractivity contribution is 5.68. The lowest BCUT2D eigenvalue weighted by molar-refractivity contribution is 0.0198. The average molecular weight is 313 g/mol. The third-order valence-corrected chi connectivity index (χ3v) is 4.39. The predicted molar refractivity (Wildman–Crippen MR) is 91.2 cm³/mol. The molecule has 0 spiro atoms. The molecule has 1 N–H and O–H groups in total. The SMILES string of the molecule is CCC(C)N(C)CCNC1CCN(C(=O)OC(C)(C)C)CC1. The maximum absolute atomic E-state index is 12.0. The van der Waals surface area contributed by atoms with Gasteiger partial charge in [-0.3, -0.25) is 0 Å². The quantitative estimate of drug-likeness (QED) is 0.819. The van der Waals surface area contributed by atoms with Gasteiger partial charge in [-0.1, -0.05) is 6.92 Å². The van der Waals surface area contributed by atoms with Gasteiger partial charge in [0.25, 0.3) is 0 Å². The van der Waals surface area contributed by atoms with Gasteiger partial charge in [-0.2, -0.15) is 0 Å². The van der Waals surface area contributed by atoms with Crippen LogP contribution >= 0.6 is 0 Å². The summed E-state index contributed by atoms with van der Waals surface area (Å²) in [6.07, 6.45) is 3.02. The van der Waals surface area contributed by atoms with Crippen LogP contribution in [0.3, 0.4) is 0 Å². The number of amides is 1. The van der Waals surface area contributed by atoms with Gasteiger partial charge in [0, 0.05) is 38.3 Å². The Morgan fingerprint density at radius 3 is 2.45 bits per heavy atom. The van der Waals surface area contributed by atoms with Crippen LogP contribution in [-0.2, 0) is 4.74 Å². The molecular weight excluding hydrogens is 278 g/mol. The third kappa shape index (κ3) is 6.97. The molecule has 0 saturated carbocycles. The first-order chi connectivity index (χ1) is 10.2. The third-order valence-electron chi connectivity index (χ3n) is 4.39. The predicted octanol–water partition coefficient (Wildman–Crippen LogP) is 2.71. The van der Waals surface area contributed by atoms with Crippen molar-refractivity contribution in [3.05, 3.63) is 0 Å². The number of ether oxygens (including phenoxy) is 1. The van der Waals surface area contributed by atoms with Crippen LogP contribution in [0.1, 0.15) is 53.9 Å². The number of likely N-dealkylation sites (tertiary alicyclic amines) is 1. The summed E-state index contributed by atoms with van der Waals surface area (Å²) in [6, 6.07) is 1.15. The van der Waals surface area contributed by atoms with Gasteiger partial charge in [-0.05, 0) is 54.0 Å². The number of carbonyl (C=O) groups is 1. The number of hydrogen-bond acceptors (Lipinski definition) is 4. The zero-order valence-corrected chi connectivity index (χ0v) is 15.3. The number of carbonyl (C=O) groups excluding carboxylic acids is 1. The number of piperidine rings is 1. The molecule has 1 atom stereocenters. The summed E-state index contributed by atoms with van der Waals surface area (Å²) < 4.78 is 5.42. The molecule has 1 unspecified atom stereocenters. The highest BCUT2D eigenvalue weighted by atomic mass is 16.6. The molecule has 1 saturated heterocycles. The van der Waals surface area contributed by atoms with Crippen molar-refractivity contribution in [2.24, 2.45) is 0 Å². The van der Waals surface area contributed by atoms with E-state index in [2.05, 4.69) is 31.1 Å². The summed E-state index contributed by atoms with van der Waals surface area (Å²) in [5, 5.41) is 3.62. The summed E-state index contributed by atoms with van der Waals surface area (Å²) in [6.45, 7) is 13.9. The lowest BCUT2D eigenvalue weighted by atomic mass is 10.1. The van der Waals surface area contributed by atoms with E-state index in [0.29, 0.717) is 12.1 Å². The molecule has 1 aliphatic rings. The van der Waals surface area contributed by atoms with Crippen LogP contribution in [0.15, 0.2) is 0 Å². The molecule has 5 nitrogen and oxygen atoms in total. The summed E-state index contributed by atoms with van der Waals surface area (Å²) in [5.74, 6) is 0. The molecule has 1 aliphatic heterocycles. The van der Waals surface area contributed by atoms with Crippen LogP contribution < -0.4 is 5.32 Å². The maximum Gasteiger partial charge on any atom is 0.410 e. The van der Waals surface area contributed by atoms with Gasteiger partial charge in [0.2, 0.25) is 0 Å². The Kier molecular flexibility index (Phi) is 7.63. The summed E-state index contributed by atoms with van der Waals surface area (Å²) >= 11 is 0. The standard InChI is InChI=1S/C17H35N3O2/c1-7-14(2)19(6)13-10-18-15-8-11-20(12-9-15)16(21)22-17(3,4)5/h14-15,18H,7-13H2,1-6H3. The lowest BCUT2D eigenvalue weighted by Crippen LogP contribution is -2.47. The lowest BCUT2D eigenvalue weighted by Gasteiger charge is -2.34. The molecule has 0 aliphatic carbocycles. The molecule has 22 heavy (non-hydrogen) atoms. The molecule has 0 aromatic rings. The number of nitrogens with one attached hydrogen (secondary N) is 1. The molecule has 0 radical (unpaired) electrons. The average Bonchev–Trinajstić information content (AvgIpc) is 2.45. The van der Waals surface area contributed by atoms with E-state index in [-0.39, 0.29) is 6.09 Å². The second-order valence-electron chi connectivity index (χ2n) is 7.43. The van der Waals surface area contributed by atoms with Gasteiger partial charge < -0.3 is 19.9 Å². The van der Waals surface area contributed by atoms with Crippen molar-refractivity contribution in [1.29, 1.82) is 0 Å². The minimum atomic E-state index is -0.410. The number of rotatable bonds is 6. The fraction of sp³-hybridized carbons (Fsp3) is 0.941.